The molecule has 0 aliphatic carbocycles. The number of nitrogens with zero attached hydrogens (tertiary/aromatic N) is 2. The zero-order chi connectivity index (χ0) is 18.0. The number of H-pyrrole nitrogens is 1. The third-order valence-corrected chi connectivity index (χ3v) is 4.32. The number of ether oxygens (including phenoxy) is 2. The van der Waals surface area contributed by atoms with Gasteiger partial charge in [-0.2, -0.15) is 5.26 Å². The van der Waals surface area contributed by atoms with Gasteiger partial charge in [0.1, 0.15) is 11.6 Å². The Morgan fingerprint density at radius 2 is 2.16 bits per heavy atom. The SMILES string of the molecule is CCCc1[nH]nc2c1C(C(=O)OC)(c1ccccc1)C(C#N)=C(N)O2. The molecule has 25 heavy (non-hydrogen) atoms. The highest BCUT2D eigenvalue weighted by molar-refractivity contribution is 5.95. The highest BCUT2D eigenvalue weighted by Crippen LogP contribution is 2.49. The number of hydrogen-bond acceptors (Lipinski definition) is 6. The number of carbonyl (C=O) groups excluding carboxylic acids is 1. The third kappa shape index (κ3) is 2.26. The van der Waals surface area contributed by atoms with E-state index in [1.54, 1.807) is 24.3 Å². The van der Waals surface area contributed by atoms with Crippen LogP contribution in [-0.4, -0.2) is 23.3 Å². The normalized spacial score (nSPS) is 18.9. The van der Waals surface area contributed by atoms with Gasteiger partial charge in [-0.1, -0.05) is 43.7 Å². The Bertz CT molecular complexity index is 879. The van der Waals surface area contributed by atoms with Crippen molar-refractivity contribution >= 4 is 5.97 Å². The number of aromatic amines is 1. The molecule has 128 valence electrons. The number of nitriles is 1. The molecule has 7 nitrogen and oxygen atoms in total. The average Bonchev–Trinajstić information content (AvgIpc) is 3.03. The van der Waals surface area contributed by atoms with Gasteiger partial charge in [-0.15, -0.1) is 5.10 Å². The number of methoxy groups -OCH3 is 1. The van der Waals surface area contributed by atoms with Crippen LogP contribution in [0, 0.1) is 11.3 Å². The van der Waals surface area contributed by atoms with Crippen LogP contribution in [0.15, 0.2) is 41.8 Å². The Balaban J connectivity index is 2.44. The molecule has 1 unspecified atom stereocenters. The quantitative estimate of drug-likeness (QED) is 0.823. The summed E-state index contributed by atoms with van der Waals surface area (Å²) in [4.78, 5) is 13.1. The summed E-state index contributed by atoms with van der Waals surface area (Å²) in [6.07, 6.45) is 1.46. The van der Waals surface area contributed by atoms with Gasteiger partial charge in [0.25, 0.3) is 0 Å². The molecule has 1 aromatic carbocycles. The summed E-state index contributed by atoms with van der Waals surface area (Å²) in [7, 11) is 1.28. The lowest BCUT2D eigenvalue weighted by Gasteiger charge is -2.34. The zero-order valence-corrected chi connectivity index (χ0v) is 14.0. The number of aryl methyl sites for hydroxylation is 1. The fraction of sp³-hybridized carbons (Fsp3) is 0.278. The second kappa shape index (κ2) is 6.32. The molecule has 0 saturated heterocycles. The molecule has 1 atom stereocenters. The van der Waals surface area contributed by atoms with Gasteiger partial charge in [-0.3, -0.25) is 9.89 Å². The Labute approximate surface area is 145 Å². The number of hydrogen-bond donors (Lipinski definition) is 2. The highest BCUT2D eigenvalue weighted by atomic mass is 16.5. The first-order chi connectivity index (χ1) is 12.1. The maximum Gasteiger partial charge on any atom is 0.326 e. The zero-order valence-electron chi connectivity index (χ0n) is 14.0. The van der Waals surface area contributed by atoms with Crippen LogP contribution >= 0.6 is 0 Å². The number of benzene rings is 1. The first-order valence-electron chi connectivity index (χ1n) is 7.91. The first kappa shape index (κ1) is 16.6. The van der Waals surface area contributed by atoms with E-state index >= 15 is 0 Å². The number of nitrogens with one attached hydrogen (secondary N) is 1. The minimum absolute atomic E-state index is 0.00296. The summed E-state index contributed by atoms with van der Waals surface area (Å²) in [6.45, 7) is 2.01. The van der Waals surface area contributed by atoms with Gasteiger partial charge >= 0.3 is 5.97 Å². The van der Waals surface area contributed by atoms with E-state index in [1.807, 2.05) is 19.1 Å². The molecule has 0 saturated carbocycles. The molecule has 1 aliphatic heterocycles. The Morgan fingerprint density at radius 3 is 2.76 bits per heavy atom. The monoisotopic (exact) mass is 338 g/mol. The lowest BCUT2D eigenvalue weighted by atomic mass is 9.68. The van der Waals surface area contributed by atoms with E-state index in [9.17, 15) is 10.1 Å². The first-order valence-corrected chi connectivity index (χ1v) is 7.91. The maximum atomic E-state index is 13.1. The predicted octanol–water partition coefficient (Wildman–Crippen LogP) is 1.91. The van der Waals surface area contributed by atoms with Gasteiger partial charge < -0.3 is 15.2 Å². The van der Waals surface area contributed by atoms with Gasteiger partial charge in [0, 0.05) is 5.69 Å². The number of aromatic nitrogens is 2. The third-order valence-electron chi connectivity index (χ3n) is 4.32. The van der Waals surface area contributed by atoms with E-state index in [2.05, 4.69) is 10.2 Å². The molecule has 1 aliphatic rings. The lowest BCUT2D eigenvalue weighted by molar-refractivity contribution is -0.144. The molecule has 0 bridgehead atoms. The molecular formula is C18H18N4O3. The predicted molar refractivity (Wildman–Crippen MR) is 89.3 cm³/mol. The second-order valence-corrected chi connectivity index (χ2v) is 5.69. The van der Waals surface area contributed by atoms with Crippen LogP contribution in [0.25, 0.3) is 0 Å². The summed E-state index contributed by atoms with van der Waals surface area (Å²) in [6, 6.07) is 11.0. The molecule has 0 fully saturated rings. The summed E-state index contributed by atoms with van der Waals surface area (Å²) >= 11 is 0. The molecule has 2 heterocycles. The molecule has 1 aromatic heterocycles. The van der Waals surface area contributed by atoms with E-state index in [1.165, 1.54) is 7.11 Å². The molecule has 3 rings (SSSR count). The van der Waals surface area contributed by atoms with Crippen molar-refractivity contribution in [2.45, 2.75) is 25.2 Å². The van der Waals surface area contributed by atoms with Crippen molar-refractivity contribution < 1.29 is 14.3 Å². The number of carbonyl (C=O) groups is 1. The molecule has 2 aromatic rings. The fourth-order valence-electron chi connectivity index (χ4n) is 3.31. The maximum absolute atomic E-state index is 13.1. The average molecular weight is 338 g/mol. The molecular weight excluding hydrogens is 320 g/mol. The van der Waals surface area contributed by atoms with Crippen molar-refractivity contribution in [3.8, 4) is 11.9 Å². The number of nitrogens with two attached hydrogens (primary N) is 1. The Morgan fingerprint density at radius 1 is 1.44 bits per heavy atom. The number of esters is 1. The van der Waals surface area contributed by atoms with Crippen LogP contribution in [-0.2, 0) is 21.4 Å². The van der Waals surface area contributed by atoms with Crippen molar-refractivity contribution in [2.75, 3.05) is 7.11 Å². The van der Waals surface area contributed by atoms with E-state index in [0.29, 0.717) is 23.2 Å². The van der Waals surface area contributed by atoms with Crippen molar-refractivity contribution in [3.05, 3.63) is 58.6 Å². The Kier molecular flexibility index (Phi) is 4.19. The molecule has 0 spiro atoms. The molecule has 3 N–H and O–H groups in total. The van der Waals surface area contributed by atoms with Crippen LogP contribution in [0.2, 0.25) is 0 Å². The standard InChI is InChI=1S/C18H18N4O3/c1-3-7-13-14-16(22-21-13)25-15(20)12(10-19)18(14,17(23)24-2)11-8-5-4-6-9-11/h4-6,8-9H,3,7,20H2,1-2H3,(H,21,22). The van der Waals surface area contributed by atoms with Gasteiger partial charge in [0.2, 0.25) is 11.8 Å². The fourth-order valence-corrected chi connectivity index (χ4v) is 3.31. The van der Waals surface area contributed by atoms with Crippen LogP contribution < -0.4 is 10.5 Å². The summed E-state index contributed by atoms with van der Waals surface area (Å²) in [5, 5.41) is 16.8. The molecule has 0 radical (unpaired) electrons. The minimum atomic E-state index is -1.51. The van der Waals surface area contributed by atoms with Gasteiger partial charge in [-0.05, 0) is 12.0 Å². The van der Waals surface area contributed by atoms with E-state index in [4.69, 9.17) is 15.2 Å². The van der Waals surface area contributed by atoms with Crippen LogP contribution in [0.1, 0.15) is 30.2 Å². The largest absolute Gasteiger partial charge is 0.468 e. The lowest BCUT2D eigenvalue weighted by Crippen LogP contribution is -2.44. The van der Waals surface area contributed by atoms with Crippen molar-refractivity contribution in [2.24, 2.45) is 5.73 Å². The number of rotatable bonds is 4. The minimum Gasteiger partial charge on any atom is -0.468 e. The second-order valence-electron chi connectivity index (χ2n) is 5.69. The van der Waals surface area contributed by atoms with Crippen molar-refractivity contribution in [3.63, 3.8) is 0 Å². The van der Waals surface area contributed by atoms with E-state index in [-0.39, 0.29) is 17.3 Å². The van der Waals surface area contributed by atoms with Crippen LogP contribution in [0.3, 0.4) is 0 Å². The summed E-state index contributed by atoms with van der Waals surface area (Å²) in [5.74, 6) is -0.575. The Hall–Kier alpha value is -3.27. The van der Waals surface area contributed by atoms with E-state index < -0.39 is 11.4 Å². The van der Waals surface area contributed by atoms with Crippen molar-refractivity contribution in [1.82, 2.24) is 10.2 Å². The molecule has 7 heteroatoms. The van der Waals surface area contributed by atoms with Gasteiger partial charge in [-0.25, -0.2) is 0 Å². The smallest absolute Gasteiger partial charge is 0.326 e. The molecule has 0 amide bonds. The van der Waals surface area contributed by atoms with Gasteiger partial charge in [0.05, 0.1) is 12.7 Å². The topological polar surface area (TPSA) is 114 Å². The van der Waals surface area contributed by atoms with Crippen molar-refractivity contribution in [1.29, 1.82) is 5.26 Å². The van der Waals surface area contributed by atoms with E-state index in [0.717, 1.165) is 6.42 Å². The highest BCUT2D eigenvalue weighted by Gasteiger charge is 2.55. The van der Waals surface area contributed by atoms with Crippen LogP contribution in [0.5, 0.6) is 5.88 Å². The van der Waals surface area contributed by atoms with Crippen LogP contribution in [0.4, 0.5) is 0 Å². The summed E-state index contributed by atoms with van der Waals surface area (Å²) in [5.41, 5.74) is 6.22. The number of fused-ring (bicyclic) bond motifs is 1. The van der Waals surface area contributed by atoms with Gasteiger partial charge in [0.15, 0.2) is 5.41 Å². The summed E-state index contributed by atoms with van der Waals surface area (Å²) < 4.78 is 10.6.